The third-order valence-corrected chi connectivity index (χ3v) is 4.21. The molecule has 0 aliphatic heterocycles. The van der Waals surface area contributed by atoms with E-state index in [1.54, 1.807) is 27.4 Å². The minimum absolute atomic E-state index is 0.132. The minimum atomic E-state index is -0.132. The molecule has 0 saturated heterocycles. The van der Waals surface area contributed by atoms with Crippen molar-refractivity contribution in [3.05, 3.63) is 40.4 Å². The second kappa shape index (κ2) is 7.11. The van der Waals surface area contributed by atoms with Crippen LogP contribution in [0.15, 0.2) is 24.3 Å². The third-order valence-electron chi connectivity index (χ3n) is 3.80. The lowest BCUT2D eigenvalue weighted by Gasteiger charge is -2.19. The van der Waals surface area contributed by atoms with Gasteiger partial charge in [-0.25, -0.2) is 0 Å². The van der Waals surface area contributed by atoms with Crippen molar-refractivity contribution in [3.63, 3.8) is 0 Å². The maximum absolute atomic E-state index is 6.21. The Morgan fingerprint density at radius 3 is 2.09 bits per heavy atom. The lowest BCUT2D eigenvalue weighted by atomic mass is 9.96. The zero-order valence-corrected chi connectivity index (χ0v) is 14.8. The van der Waals surface area contributed by atoms with Crippen LogP contribution in [0.4, 0.5) is 0 Å². The topological polar surface area (TPSA) is 53.7 Å². The molecule has 2 aromatic rings. The van der Waals surface area contributed by atoms with Crippen molar-refractivity contribution >= 4 is 11.6 Å². The quantitative estimate of drug-likeness (QED) is 0.882. The van der Waals surface area contributed by atoms with Gasteiger partial charge in [-0.2, -0.15) is 0 Å². The number of benzene rings is 2. The summed E-state index contributed by atoms with van der Waals surface area (Å²) < 4.78 is 16.5. The van der Waals surface area contributed by atoms with E-state index in [-0.39, 0.29) is 6.04 Å². The number of nitrogens with two attached hydrogens (primary N) is 1. The van der Waals surface area contributed by atoms with Crippen molar-refractivity contribution in [1.82, 2.24) is 0 Å². The van der Waals surface area contributed by atoms with Crippen molar-refractivity contribution in [2.45, 2.75) is 19.9 Å². The summed E-state index contributed by atoms with van der Waals surface area (Å²) in [7, 11) is 4.84. The van der Waals surface area contributed by atoms with Crippen LogP contribution in [-0.4, -0.2) is 21.3 Å². The first kappa shape index (κ1) is 17.4. The highest BCUT2D eigenvalue weighted by Gasteiger charge is 2.19. The lowest BCUT2D eigenvalue weighted by molar-refractivity contribution is 0.355. The Kier molecular flexibility index (Phi) is 5.39. The summed E-state index contributed by atoms with van der Waals surface area (Å²) in [4.78, 5) is 0. The summed E-state index contributed by atoms with van der Waals surface area (Å²) in [6.45, 7) is 3.87. The number of hydrogen-bond donors (Lipinski definition) is 1. The van der Waals surface area contributed by atoms with E-state index < -0.39 is 0 Å². The molecule has 0 saturated carbocycles. The van der Waals surface area contributed by atoms with E-state index in [1.807, 2.05) is 32.0 Å². The highest BCUT2D eigenvalue weighted by Crippen LogP contribution is 2.44. The van der Waals surface area contributed by atoms with Crippen LogP contribution in [0.3, 0.4) is 0 Å². The van der Waals surface area contributed by atoms with Crippen LogP contribution < -0.4 is 19.9 Å². The van der Waals surface area contributed by atoms with Crippen LogP contribution in [0.2, 0.25) is 5.02 Å². The number of hydrogen-bond acceptors (Lipinski definition) is 4. The number of ether oxygens (including phenoxy) is 3. The number of halogens is 1. The van der Waals surface area contributed by atoms with E-state index in [9.17, 15) is 0 Å². The molecule has 5 heteroatoms. The predicted molar refractivity (Wildman–Crippen MR) is 93.9 cm³/mol. The van der Waals surface area contributed by atoms with Crippen LogP contribution in [0.1, 0.15) is 24.1 Å². The molecule has 2 N–H and O–H groups in total. The summed E-state index contributed by atoms with van der Waals surface area (Å²) in [5, 5.41) is 0.653. The van der Waals surface area contributed by atoms with Crippen LogP contribution in [0, 0.1) is 6.92 Å². The molecule has 1 unspecified atom stereocenters. The Hall–Kier alpha value is -1.91. The van der Waals surface area contributed by atoms with Gasteiger partial charge in [-0.15, -0.1) is 0 Å². The van der Waals surface area contributed by atoms with Gasteiger partial charge in [0.05, 0.1) is 21.3 Å². The highest BCUT2D eigenvalue weighted by atomic mass is 35.5. The fraction of sp³-hybridized carbons (Fsp3) is 0.333. The maximum Gasteiger partial charge on any atom is 0.168 e. The van der Waals surface area contributed by atoms with Crippen molar-refractivity contribution in [3.8, 4) is 28.4 Å². The molecule has 0 aliphatic carbocycles. The Balaban J connectivity index is 2.80. The van der Waals surface area contributed by atoms with E-state index >= 15 is 0 Å². The average molecular weight is 336 g/mol. The standard InChI is InChI=1S/C18H22ClNO3/c1-10-6-13(16(21-3)9-15(10)19)14-7-12(11(2)20)8-17(22-4)18(14)23-5/h6-9,11H,20H2,1-5H3. The van der Waals surface area contributed by atoms with Gasteiger partial charge >= 0.3 is 0 Å². The van der Waals surface area contributed by atoms with E-state index in [1.165, 1.54) is 0 Å². The zero-order valence-electron chi connectivity index (χ0n) is 14.1. The third kappa shape index (κ3) is 3.38. The van der Waals surface area contributed by atoms with E-state index in [4.69, 9.17) is 31.5 Å². The molecule has 2 aromatic carbocycles. The van der Waals surface area contributed by atoms with Gasteiger partial charge in [0, 0.05) is 22.2 Å². The number of methoxy groups -OCH3 is 3. The van der Waals surface area contributed by atoms with E-state index in [0.29, 0.717) is 22.3 Å². The molecule has 0 heterocycles. The molecule has 2 rings (SSSR count). The minimum Gasteiger partial charge on any atom is -0.496 e. The zero-order chi connectivity index (χ0) is 17.1. The van der Waals surface area contributed by atoms with Crippen molar-refractivity contribution in [2.75, 3.05) is 21.3 Å². The lowest BCUT2D eigenvalue weighted by Crippen LogP contribution is -2.06. The van der Waals surface area contributed by atoms with Crippen LogP contribution in [-0.2, 0) is 0 Å². The molecule has 0 aromatic heterocycles. The fourth-order valence-corrected chi connectivity index (χ4v) is 2.64. The van der Waals surface area contributed by atoms with Gasteiger partial charge in [0.1, 0.15) is 5.75 Å². The van der Waals surface area contributed by atoms with E-state index in [2.05, 4.69) is 0 Å². The van der Waals surface area contributed by atoms with Crippen LogP contribution in [0.5, 0.6) is 17.2 Å². The first-order chi connectivity index (χ1) is 10.9. The monoisotopic (exact) mass is 335 g/mol. The summed E-state index contributed by atoms with van der Waals surface area (Å²) in [5.41, 5.74) is 9.69. The smallest absolute Gasteiger partial charge is 0.168 e. The second-order valence-corrected chi connectivity index (χ2v) is 5.80. The Morgan fingerprint density at radius 1 is 0.913 bits per heavy atom. The molecule has 0 amide bonds. The summed E-state index contributed by atoms with van der Waals surface area (Å²) in [6.07, 6.45) is 0. The SMILES string of the molecule is COc1cc(Cl)c(C)cc1-c1cc(C(C)N)cc(OC)c1OC. The molecule has 4 nitrogen and oxygen atoms in total. The van der Waals surface area contributed by atoms with Gasteiger partial charge in [-0.3, -0.25) is 0 Å². The Morgan fingerprint density at radius 2 is 1.57 bits per heavy atom. The van der Waals surface area contributed by atoms with Crippen molar-refractivity contribution in [2.24, 2.45) is 5.73 Å². The molecule has 0 radical (unpaired) electrons. The van der Waals surface area contributed by atoms with Crippen molar-refractivity contribution < 1.29 is 14.2 Å². The molecule has 0 aliphatic rings. The molecule has 1 atom stereocenters. The molecule has 0 bridgehead atoms. The largest absolute Gasteiger partial charge is 0.496 e. The summed E-state index contributed by atoms with van der Waals surface area (Å²) in [6, 6.07) is 7.53. The molecular weight excluding hydrogens is 314 g/mol. The van der Waals surface area contributed by atoms with Gasteiger partial charge in [0.25, 0.3) is 0 Å². The van der Waals surface area contributed by atoms with E-state index in [0.717, 1.165) is 22.3 Å². The molecular formula is C18H22ClNO3. The molecule has 0 fully saturated rings. The van der Waals surface area contributed by atoms with Gasteiger partial charge in [0.15, 0.2) is 11.5 Å². The average Bonchev–Trinajstić information content (AvgIpc) is 2.55. The first-order valence-electron chi connectivity index (χ1n) is 7.28. The second-order valence-electron chi connectivity index (χ2n) is 5.39. The van der Waals surface area contributed by atoms with Gasteiger partial charge in [-0.1, -0.05) is 11.6 Å². The molecule has 0 spiro atoms. The van der Waals surface area contributed by atoms with Gasteiger partial charge in [-0.05, 0) is 49.2 Å². The normalized spacial score (nSPS) is 12.0. The molecule has 124 valence electrons. The van der Waals surface area contributed by atoms with Gasteiger partial charge < -0.3 is 19.9 Å². The highest BCUT2D eigenvalue weighted by molar-refractivity contribution is 6.31. The fourth-order valence-electron chi connectivity index (χ4n) is 2.49. The Labute approximate surface area is 142 Å². The van der Waals surface area contributed by atoms with Crippen LogP contribution >= 0.6 is 11.6 Å². The Bertz CT molecular complexity index is 714. The van der Waals surface area contributed by atoms with Crippen molar-refractivity contribution in [1.29, 1.82) is 0 Å². The molecule has 23 heavy (non-hydrogen) atoms. The number of rotatable bonds is 5. The maximum atomic E-state index is 6.21. The number of aryl methyl sites for hydroxylation is 1. The summed E-state index contributed by atoms with van der Waals surface area (Å²) >= 11 is 6.21. The first-order valence-corrected chi connectivity index (χ1v) is 7.66. The predicted octanol–water partition coefficient (Wildman–Crippen LogP) is 4.36. The summed E-state index contributed by atoms with van der Waals surface area (Å²) in [5.74, 6) is 1.94. The van der Waals surface area contributed by atoms with Crippen LogP contribution in [0.25, 0.3) is 11.1 Å². The van der Waals surface area contributed by atoms with Gasteiger partial charge in [0.2, 0.25) is 0 Å².